The molecule has 0 spiro atoms. The van der Waals surface area contributed by atoms with Crippen molar-refractivity contribution in [2.45, 2.75) is 12.3 Å². The highest BCUT2D eigenvalue weighted by Gasteiger charge is 2.07. The van der Waals surface area contributed by atoms with E-state index in [1.54, 1.807) is 12.1 Å². The Kier molecular flexibility index (Phi) is 5.72. The molecule has 23 heavy (non-hydrogen) atoms. The minimum atomic E-state index is -3.25. The quantitative estimate of drug-likeness (QED) is 0.554. The molecule has 0 aliphatic rings. The van der Waals surface area contributed by atoms with Crippen LogP contribution in [-0.2, 0) is 22.3 Å². The molecule has 0 aromatic heterocycles. The molecular weight excluding hydrogens is 312 g/mol. The number of hydrogen-bond acceptors (Lipinski definition) is 3. The Labute approximate surface area is 136 Å². The molecule has 0 amide bonds. The van der Waals surface area contributed by atoms with Crippen molar-refractivity contribution in [2.75, 3.05) is 12.4 Å². The summed E-state index contributed by atoms with van der Waals surface area (Å²) < 4.78 is 25.3. The Hall–Kier alpha value is -2.38. The molecule has 6 nitrogen and oxygen atoms in total. The average Bonchev–Trinajstić information content (AvgIpc) is 2.55. The number of nitrogens with one attached hydrogen (secondary N) is 2. The average molecular weight is 332 g/mol. The fourth-order valence-corrected chi connectivity index (χ4v) is 2.69. The van der Waals surface area contributed by atoms with Crippen LogP contribution in [0.25, 0.3) is 0 Å². The van der Waals surface area contributed by atoms with Crippen molar-refractivity contribution in [1.82, 2.24) is 4.72 Å². The van der Waals surface area contributed by atoms with Gasteiger partial charge in [0.2, 0.25) is 10.0 Å². The van der Waals surface area contributed by atoms with E-state index in [9.17, 15) is 8.42 Å². The van der Waals surface area contributed by atoms with Gasteiger partial charge in [-0.2, -0.15) is 0 Å². The summed E-state index contributed by atoms with van der Waals surface area (Å²) in [5.41, 5.74) is 8.39. The van der Waals surface area contributed by atoms with Crippen molar-refractivity contribution in [2.24, 2.45) is 10.7 Å². The summed E-state index contributed by atoms with van der Waals surface area (Å²) in [7, 11) is -1.85. The van der Waals surface area contributed by atoms with Gasteiger partial charge in [-0.25, -0.2) is 18.1 Å². The molecule has 0 aliphatic carbocycles. The van der Waals surface area contributed by atoms with E-state index < -0.39 is 10.0 Å². The first kappa shape index (κ1) is 17.0. The minimum absolute atomic E-state index is 0.0370. The van der Waals surface area contributed by atoms with Gasteiger partial charge < -0.3 is 11.1 Å². The summed E-state index contributed by atoms with van der Waals surface area (Å²) in [5, 5.41) is 3.00. The lowest BCUT2D eigenvalue weighted by molar-refractivity contribution is 0.587. The van der Waals surface area contributed by atoms with Crippen LogP contribution in [-0.4, -0.2) is 21.4 Å². The molecule has 0 atom stereocenters. The number of aliphatic imine (C=N–C) groups is 1. The van der Waals surface area contributed by atoms with E-state index >= 15 is 0 Å². The molecule has 2 aromatic carbocycles. The Bertz CT molecular complexity index is 756. The first-order valence-corrected chi connectivity index (χ1v) is 8.75. The second-order valence-corrected chi connectivity index (χ2v) is 6.90. The number of benzene rings is 2. The van der Waals surface area contributed by atoms with Gasteiger partial charge in [0, 0.05) is 5.69 Å². The molecule has 0 radical (unpaired) electrons. The van der Waals surface area contributed by atoms with Crippen LogP contribution in [0.2, 0.25) is 0 Å². The number of guanidine groups is 1. The molecule has 7 heteroatoms. The SMILES string of the molecule is CNS(=O)(=O)Cc1ccc(CN=C(N)Nc2ccccc2)cc1. The second kappa shape index (κ2) is 7.75. The van der Waals surface area contributed by atoms with E-state index in [0.717, 1.165) is 16.8 Å². The number of anilines is 1. The summed E-state index contributed by atoms with van der Waals surface area (Å²) in [6.45, 7) is 0.421. The fourth-order valence-electron chi connectivity index (χ4n) is 1.92. The molecule has 0 aliphatic heterocycles. The van der Waals surface area contributed by atoms with E-state index in [1.807, 2.05) is 42.5 Å². The van der Waals surface area contributed by atoms with Crippen molar-refractivity contribution in [1.29, 1.82) is 0 Å². The second-order valence-electron chi connectivity index (χ2n) is 4.97. The van der Waals surface area contributed by atoms with Crippen LogP contribution >= 0.6 is 0 Å². The molecule has 122 valence electrons. The van der Waals surface area contributed by atoms with Gasteiger partial charge in [-0.3, -0.25) is 0 Å². The predicted octanol–water partition coefficient (Wildman–Crippen LogP) is 1.66. The number of rotatable bonds is 6. The number of hydrogen-bond donors (Lipinski definition) is 3. The van der Waals surface area contributed by atoms with E-state index in [1.165, 1.54) is 7.05 Å². The van der Waals surface area contributed by atoms with Crippen molar-refractivity contribution in [3.63, 3.8) is 0 Å². The molecule has 2 rings (SSSR count). The van der Waals surface area contributed by atoms with Crippen LogP contribution in [0, 0.1) is 0 Å². The maximum absolute atomic E-state index is 11.5. The zero-order valence-electron chi connectivity index (χ0n) is 12.9. The molecule has 0 saturated heterocycles. The summed E-state index contributed by atoms with van der Waals surface area (Å²) in [5.74, 6) is 0.295. The highest BCUT2D eigenvalue weighted by atomic mass is 32.2. The lowest BCUT2D eigenvalue weighted by Crippen LogP contribution is -2.22. The third-order valence-corrected chi connectivity index (χ3v) is 4.50. The first-order valence-electron chi connectivity index (χ1n) is 7.09. The van der Waals surface area contributed by atoms with Gasteiger partial charge in [0.25, 0.3) is 0 Å². The Morgan fingerprint density at radius 3 is 2.26 bits per heavy atom. The van der Waals surface area contributed by atoms with Gasteiger partial charge in [0.1, 0.15) is 0 Å². The number of sulfonamides is 1. The molecule has 4 N–H and O–H groups in total. The van der Waals surface area contributed by atoms with Gasteiger partial charge in [-0.15, -0.1) is 0 Å². The Morgan fingerprint density at radius 1 is 1.04 bits per heavy atom. The molecule has 0 saturated carbocycles. The third kappa shape index (κ3) is 5.72. The standard InChI is InChI=1S/C16H20N4O2S/c1-18-23(21,22)12-14-9-7-13(8-10-14)11-19-16(17)20-15-5-3-2-4-6-15/h2-10,18H,11-12H2,1H3,(H3,17,19,20). The number of nitrogens with zero attached hydrogens (tertiary/aromatic N) is 1. The Morgan fingerprint density at radius 2 is 1.65 bits per heavy atom. The topological polar surface area (TPSA) is 96.6 Å². The van der Waals surface area contributed by atoms with Gasteiger partial charge in [-0.1, -0.05) is 42.5 Å². The lowest BCUT2D eigenvalue weighted by atomic mass is 10.1. The van der Waals surface area contributed by atoms with Crippen LogP contribution in [0.5, 0.6) is 0 Å². The van der Waals surface area contributed by atoms with E-state index in [4.69, 9.17) is 5.73 Å². The first-order chi connectivity index (χ1) is 11.0. The van der Waals surface area contributed by atoms with Crippen LogP contribution in [0.3, 0.4) is 0 Å². The molecule has 0 heterocycles. The van der Waals surface area contributed by atoms with Crippen LogP contribution in [0.15, 0.2) is 59.6 Å². The van der Waals surface area contributed by atoms with Gasteiger partial charge in [-0.05, 0) is 30.3 Å². The van der Waals surface area contributed by atoms with Crippen molar-refractivity contribution < 1.29 is 8.42 Å². The lowest BCUT2D eigenvalue weighted by Gasteiger charge is -2.06. The predicted molar refractivity (Wildman–Crippen MR) is 93.5 cm³/mol. The van der Waals surface area contributed by atoms with E-state index in [-0.39, 0.29) is 5.75 Å². The van der Waals surface area contributed by atoms with Gasteiger partial charge >= 0.3 is 0 Å². The molecule has 0 fully saturated rings. The third-order valence-electron chi connectivity index (χ3n) is 3.17. The van der Waals surface area contributed by atoms with Crippen molar-refractivity contribution in [3.8, 4) is 0 Å². The summed E-state index contributed by atoms with van der Waals surface area (Å²) in [6.07, 6.45) is 0. The summed E-state index contributed by atoms with van der Waals surface area (Å²) >= 11 is 0. The monoisotopic (exact) mass is 332 g/mol. The summed E-state index contributed by atoms with van der Waals surface area (Å²) in [4.78, 5) is 4.26. The molecule has 2 aromatic rings. The smallest absolute Gasteiger partial charge is 0.215 e. The van der Waals surface area contributed by atoms with E-state index in [0.29, 0.717) is 12.5 Å². The highest BCUT2D eigenvalue weighted by molar-refractivity contribution is 7.88. The molecular formula is C16H20N4O2S. The van der Waals surface area contributed by atoms with Crippen molar-refractivity contribution >= 4 is 21.7 Å². The maximum Gasteiger partial charge on any atom is 0.215 e. The van der Waals surface area contributed by atoms with Crippen LogP contribution < -0.4 is 15.8 Å². The normalized spacial score (nSPS) is 12.1. The van der Waals surface area contributed by atoms with Crippen molar-refractivity contribution in [3.05, 3.63) is 65.7 Å². The minimum Gasteiger partial charge on any atom is -0.370 e. The van der Waals surface area contributed by atoms with E-state index in [2.05, 4.69) is 15.0 Å². The van der Waals surface area contributed by atoms with Gasteiger partial charge in [0.15, 0.2) is 5.96 Å². The Balaban J connectivity index is 1.94. The van der Waals surface area contributed by atoms with Crippen LogP contribution in [0.4, 0.5) is 5.69 Å². The summed E-state index contributed by atoms with van der Waals surface area (Å²) in [6, 6.07) is 16.8. The maximum atomic E-state index is 11.5. The number of para-hydroxylation sites is 1. The zero-order chi connectivity index (χ0) is 16.7. The van der Waals surface area contributed by atoms with Gasteiger partial charge in [0.05, 0.1) is 12.3 Å². The fraction of sp³-hybridized carbons (Fsp3) is 0.188. The zero-order valence-corrected chi connectivity index (χ0v) is 13.7. The number of nitrogens with two attached hydrogens (primary N) is 1. The molecule has 0 bridgehead atoms. The highest BCUT2D eigenvalue weighted by Crippen LogP contribution is 2.09. The van der Waals surface area contributed by atoms with Crippen LogP contribution in [0.1, 0.15) is 11.1 Å². The largest absolute Gasteiger partial charge is 0.370 e. The molecule has 0 unspecified atom stereocenters.